The molecule has 0 atom stereocenters. The van der Waals surface area contributed by atoms with Gasteiger partial charge in [0.15, 0.2) is 6.29 Å². The molecule has 21 heavy (non-hydrogen) atoms. The molecular formula is C18H27BrO2. The Morgan fingerprint density at radius 3 is 2.19 bits per heavy atom. The van der Waals surface area contributed by atoms with Crippen molar-refractivity contribution in [3.63, 3.8) is 0 Å². The second-order valence-corrected chi connectivity index (χ2v) is 7.61. The molecule has 0 radical (unpaired) electrons. The molecule has 0 unspecified atom stereocenters. The summed E-state index contributed by atoms with van der Waals surface area (Å²) in [5.41, 5.74) is 4.03. The topological polar surface area (TPSA) is 18.5 Å². The van der Waals surface area contributed by atoms with E-state index in [1.165, 1.54) is 21.2 Å². The largest absolute Gasteiger partial charge is 0.348 e. The fourth-order valence-corrected chi connectivity index (χ4v) is 3.31. The van der Waals surface area contributed by atoms with E-state index in [2.05, 4.69) is 55.8 Å². The van der Waals surface area contributed by atoms with Gasteiger partial charge in [-0.05, 0) is 36.1 Å². The highest BCUT2D eigenvalue weighted by Crippen LogP contribution is 2.35. The summed E-state index contributed by atoms with van der Waals surface area (Å²) in [5.74, 6) is 0. The van der Waals surface area contributed by atoms with Gasteiger partial charge in [-0.25, -0.2) is 0 Å². The number of ether oxygens (including phenoxy) is 2. The van der Waals surface area contributed by atoms with Gasteiger partial charge in [-0.15, -0.1) is 0 Å². The van der Waals surface area contributed by atoms with Crippen LogP contribution in [0.2, 0.25) is 0 Å². The Morgan fingerprint density at radius 2 is 1.62 bits per heavy atom. The number of rotatable bonds is 5. The number of aryl methyl sites for hydroxylation is 2. The van der Waals surface area contributed by atoms with Crippen LogP contribution in [0.25, 0.3) is 0 Å². The molecule has 1 saturated heterocycles. The third-order valence-electron chi connectivity index (χ3n) is 3.85. The predicted molar refractivity (Wildman–Crippen MR) is 90.6 cm³/mol. The molecular weight excluding hydrogens is 328 g/mol. The molecule has 2 nitrogen and oxygen atoms in total. The quantitative estimate of drug-likeness (QED) is 0.702. The summed E-state index contributed by atoms with van der Waals surface area (Å²) in [6, 6.07) is 4.54. The van der Waals surface area contributed by atoms with Crippen molar-refractivity contribution < 1.29 is 9.47 Å². The Bertz CT molecular complexity index is 472. The molecule has 1 heterocycles. The van der Waals surface area contributed by atoms with Crippen molar-refractivity contribution in [2.75, 3.05) is 13.2 Å². The van der Waals surface area contributed by atoms with Crippen molar-refractivity contribution in [1.82, 2.24) is 0 Å². The average molecular weight is 355 g/mol. The highest BCUT2D eigenvalue weighted by molar-refractivity contribution is 9.10. The molecule has 1 aliphatic heterocycles. The monoisotopic (exact) mass is 354 g/mol. The minimum absolute atomic E-state index is 0.114. The van der Waals surface area contributed by atoms with Gasteiger partial charge in [0, 0.05) is 15.5 Å². The van der Waals surface area contributed by atoms with E-state index in [9.17, 15) is 0 Å². The lowest BCUT2D eigenvalue weighted by Crippen LogP contribution is -2.34. The fraction of sp³-hybridized carbons (Fsp3) is 0.667. The summed E-state index contributed by atoms with van der Waals surface area (Å²) < 4.78 is 13.2. The van der Waals surface area contributed by atoms with Gasteiger partial charge in [-0.2, -0.15) is 0 Å². The smallest absolute Gasteiger partial charge is 0.184 e. The fourth-order valence-electron chi connectivity index (χ4n) is 2.72. The van der Waals surface area contributed by atoms with E-state index >= 15 is 0 Å². The Labute approximate surface area is 137 Å². The van der Waals surface area contributed by atoms with E-state index in [4.69, 9.17) is 9.47 Å². The first kappa shape index (κ1) is 17.0. The van der Waals surface area contributed by atoms with E-state index in [1.54, 1.807) is 0 Å². The first-order valence-corrected chi connectivity index (χ1v) is 8.80. The Kier molecular flexibility index (Phi) is 5.87. The molecule has 0 bridgehead atoms. The summed E-state index contributed by atoms with van der Waals surface area (Å²) >= 11 is 3.71. The lowest BCUT2D eigenvalue weighted by molar-refractivity contribution is -0.226. The highest BCUT2D eigenvalue weighted by Gasteiger charge is 2.30. The molecule has 0 saturated carbocycles. The molecule has 0 spiro atoms. The molecule has 1 aromatic rings. The van der Waals surface area contributed by atoms with Gasteiger partial charge >= 0.3 is 0 Å². The Balaban J connectivity index is 2.29. The first-order chi connectivity index (χ1) is 9.96. The summed E-state index contributed by atoms with van der Waals surface area (Å²) in [6.45, 7) is 10.3. The average Bonchev–Trinajstić information content (AvgIpc) is 2.43. The van der Waals surface area contributed by atoms with Crippen LogP contribution in [0.15, 0.2) is 16.6 Å². The summed E-state index contributed by atoms with van der Waals surface area (Å²) in [7, 11) is 0. The Morgan fingerprint density at radius 1 is 1.05 bits per heavy atom. The van der Waals surface area contributed by atoms with E-state index < -0.39 is 0 Å². The number of hydrogen-bond acceptors (Lipinski definition) is 2. The third-order valence-corrected chi connectivity index (χ3v) is 4.59. The second kappa shape index (κ2) is 7.26. The van der Waals surface area contributed by atoms with Crippen molar-refractivity contribution in [2.45, 2.75) is 59.7 Å². The normalized spacial score (nSPS) is 18.9. The summed E-state index contributed by atoms with van der Waals surface area (Å²) in [6.07, 6.45) is 4.21. The second-order valence-electron chi connectivity index (χ2n) is 6.76. The molecule has 118 valence electrons. The maximum absolute atomic E-state index is 6.00. The maximum Gasteiger partial charge on any atom is 0.184 e. The van der Waals surface area contributed by atoms with Crippen LogP contribution in [0.5, 0.6) is 0 Å². The minimum Gasteiger partial charge on any atom is -0.348 e. The van der Waals surface area contributed by atoms with Crippen LogP contribution in [-0.4, -0.2) is 13.2 Å². The summed E-state index contributed by atoms with van der Waals surface area (Å²) in [4.78, 5) is 0. The van der Waals surface area contributed by atoms with Gasteiger partial charge < -0.3 is 9.47 Å². The van der Waals surface area contributed by atoms with Gasteiger partial charge in [0.1, 0.15) is 0 Å². The van der Waals surface area contributed by atoms with Crippen LogP contribution in [0.3, 0.4) is 0 Å². The van der Waals surface area contributed by atoms with Crippen LogP contribution in [-0.2, 0) is 22.3 Å². The van der Waals surface area contributed by atoms with Gasteiger partial charge in [-0.1, -0.05) is 56.5 Å². The number of halogens is 1. The van der Waals surface area contributed by atoms with Crippen molar-refractivity contribution in [3.05, 3.63) is 33.3 Å². The highest BCUT2D eigenvalue weighted by atomic mass is 79.9. The molecule has 3 heteroatoms. The lowest BCUT2D eigenvalue weighted by atomic mass is 9.94. The third kappa shape index (κ3) is 4.30. The van der Waals surface area contributed by atoms with Gasteiger partial charge in [-0.3, -0.25) is 0 Å². The molecule has 0 amide bonds. The van der Waals surface area contributed by atoms with Crippen LogP contribution in [0, 0.1) is 5.41 Å². The lowest BCUT2D eigenvalue weighted by Gasteiger charge is -2.35. The first-order valence-electron chi connectivity index (χ1n) is 8.01. The van der Waals surface area contributed by atoms with Crippen molar-refractivity contribution >= 4 is 15.9 Å². The van der Waals surface area contributed by atoms with E-state index in [0.29, 0.717) is 0 Å². The molecule has 1 aromatic carbocycles. The zero-order valence-electron chi connectivity index (χ0n) is 13.7. The van der Waals surface area contributed by atoms with Crippen LogP contribution < -0.4 is 0 Å². The predicted octanol–water partition coefficient (Wildman–Crippen LogP) is 5.43. The molecule has 1 fully saturated rings. The van der Waals surface area contributed by atoms with Gasteiger partial charge in [0.05, 0.1) is 13.2 Å². The summed E-state index contributed by atoms with van der Waals surface area (Å²) in [5, 5.41) is 0. The standard InChI is InChI=1S/C18H27BrO2/c1-5-7-13-10-16(19)14(8-6-2)9-15(13)17-20-11-18(3,4)12-21-17/h9-10,17H,5-8,11-12H2,1-4H3. The van der Waals surface area contributed by atoms with Crippen LogP contribution in [0.4, 0.5) is 0 Å². The van der Waals surface area contributed by atoms with Gasteiger partial charge in [0.2, 0.25) is 0 Å². The zero-order chi connectivity index (χ0) is 15.5. The van der Waals surface area contributed by atoms with Crippen LogP contribution in [0.1, 0.15) is 63.5 Å². The van der Waals surface area contributed by atoms with Crippen molar-refractivity contribution in [2.24, 2.45) is 5.41 Å². The maximum atomic E-state index is 6.00. The Hall–Kier alpha value is -0.380. The molecule has 0 aromatic heterocycles. The number of hydrogen-bond donors (Lipinski definition) is 0. The molecule has 0 N–H and O–H groups in total. The van der Waals surface area contributed by atoms with Crippen molar-refractivity contribution in [1.29, 1.82) is 0 Å². The zero-order valence-corrected chi connectivity index (χ0v) is 15.3. The van der Waals surface area contributed by atoms with Crippen molar-refractivity contribution in [3.8, 4) is 0 Å². The van der Waals surface area contributed by atoms with E-state index in [1.807, 2.05) is 0 Å². The molecule has 2 rings (SSSR count). The minimum atomic E-state index is -0.205. The van der Waals surface area contributed by atoms with E-state index in [-0.39, 0.29) is 11.7 Å². The molecule has 0 aliphatic carbocycles. The van der Waals surface area contributed by atoms with Gasteiger partial charge in [0.25, 0.3) is 0 Å². The molecule has 1 aliphatic rings. The van der Waals surface area contributed by atoms with Crippen LogP contribution >= 0.6 is 15.9 Å². The SMILES string of the molecule is CCCc1cc(C2OCC(C)(C)CO2)c(CCC)cc1Br. The number of benzene rings is 1. The van der Waals surface area contributed by atoms with E-state index in [0.717, 1.165) is 38.9 Å².